The number of fused-ring (bicyclic) bond motifs is 1. The third-order valence-corrected chi connectivity index (χ3v) is 4.98. The maximum atomic E-state index is 14.3. The smallest absolute Gasteiger partial charge is 0.404 e. The Morgan fingerprint density at radius 1 is 1.19 bits per heavy atom. The molecular formula is C23H27FN4O4. The summed E-state index contributed by atoms with van der Waals surface area (Å²) in [5.74, 6) is 0.379. The Morgan fingerprint density at radius 3 is 2.59 bits per heavy atom. The first-order valence-electron chi connectivity index (χ1n) is 10.3. The normalized spacial score (nSPS) is 13.0. The van der Waals surface area contributed by atoms with Gasteiger partial charge < -0.3 is 25.2 Å². The number of nitrogens with two attached hydrogens (primary N) is 1. The number of nitrogens with zero attached hydrogens (tertiary/aromatic N) is 3. The number of rotatable bonds is 5. The van der Waals surface area contributed by atoms with Crippen LogP contribution < -0.4 is 10.6 Å². The van der Waals surface area contributed by atoms with Crippen molar-refractivity contribution in [1.29, 1.82) is 0 Å². The van der Waals surface area contributed by atoms with Crippen molar-refractivity contribution >= 4 is 22.8 Å². The van der Waals surface area contributed by atoms with Crippen molar-refractivity contribution in [3.8, 4) is 17.1 Å². The lowest BCUT2D eigenvalue weighted by atomic mass is 10.1. The first-order chi connectivity index (χ1) is 15.4. The quantitative estimate of drug-likeness (QED) is 0.579. The van der Waals surface area contributed by atoms with E-state index in [0.717, 1.165) is 48.2 Å². The Bertz CT molecular complexity index is 1070. The second-order valence-electron chi connectivity index (χ2n) is 7.38. The van der Waals surface area contributed by atoms with Gasteiger partial charge in [-0.15, -0.1) is 0 Å². The number of methoxy groups -OCH3 is 1. The predicted octanol–water partition coefficient (Wildman–Crippen LogP) is 3.78. The molecular weight excluding hydrogens is 415 g/mol. The van der Waals surface area contributed by atoms with E-state index in [0.29, 0.717) is 6.61 Å². The van der Waals surface area contributed by atoms with Gasteiger partial charge in [-0.1, -0.05) is 12.1 Å². The molecule has 0 unspecified atom stereocenters. The molecule has 1 aliphatic heterocycles. The summed E-state index contributed by atoms with van der Waals surface area (Å²) < 4.78 is 23.1. The highest BCUT2D eigenvalue weighted by molar-refractivity contribution is 5.92. The number of carbonyl (C=O) groups is 1. The van der Waals surface area contributed by atoms with Crippen LogP contribution >= 0.6 is 0 Å². The van der Waals surface area contributed by atoms with Crippen LogP contribution in [-0.2, 0) is 9.47 Å². The number of hydrogen-bond acceptors (Lipinski definition) is 7. The van der Waals surface area contributed by atoms with E-state index < -0.39 is 11.9 Å². The molecule has 32 heavy (non-hydrogen) atoms. The van der Waals surface area contributed by atoms with Gasteiger partial charge in [-0.3, -0.25) is 0 Å². The lowest BCUT2D eigenvalue weighted by Gasteiger charge is -2.19. The summed E-state index contributed by atoms with van der Waals surface area (Å²) >= 11 is 0. The van der Waals surface area contributed by atoms with E-state index in [4.69, 9.17) is 0 Å². The summed E-state index contributed by atoms with van der Waals surface area (Å²) in [5.41, 5.74) is 6.52. The number of amides is 1. The molecule has 1 saturated heterocycles. The van der Waals surface area contributed by atoms with Crippen molar-refractivity contribution in [2.75, 3.05) is 38.3 Å². The fourth-order valence-corrected chi connectivity index (χ4v) is 3.46. The predicted molar refractivity (Wildman–Crippen MR) is 120 cm³/mol. The Hall–Kier alpha value is -3.46. The van der Waals surface area contributed by atoms with Gasteiger partial charge in [0.05, 0.1) is 17.7 Å². The van der Waals surface area contributed by atoms with Crippen molar-refractivity contribution in [1.82, 2.24) is 9.97 Å². The van der Waals surface area contributed by atoms with Crippen LogP contribution in [0, 0.1) is 12.7 Å². The van der Waals surface area contributed by atoms with Crippen LogP contribution in [0.25, 0.3) is 22.3 Å². The van der Waals surface area contributed by atoms with Gasteiger partial charge in [0, 0.05) is 25.6 Å². The Morgan fingerprint density at radius 2 is 1.94 bits per heavy atom. The molecule has 2 aromatic carbocycles. The molecule has 170 valence electrons. The minimum atomic E-state index is -0.762. The third-order valence-electron chi connectivity index (χ3n) is 4.98. The van der Waals surface area contributed by atoms with Crippen molar-refractivity contribution < 1.29 is 23.8 Å². The van der Waals surface area contributed by atoms with Crippen LogP contribution in [0.5, 0.6) is 5.75 Å². The van der Waals surface area contributed by atoms with Crippen LogP contribution in [0.15, 0.2) is 36.4 Å². The Kier molecular flexibility index (Phi) is 7.77. The van der Waals surface area contributed by atoms with Crippen LogP contribution in [0.3, 0.4) is 0 Å². The van der Waals surface area contributed by atoms with Crippen LogP contribution in [0.2, 0.25) is 0 Å². The molecule has 0 atom stereocenters. The Balaban J connectivity index is 0.000000312. The summed E-state index contributed by atoms with van der Waals surface area (Å²) in [7, 11) is 1.52. The molecule has 0 saturated carbocycles. The summed E-state index contributed by atoms with van der Waals surface area (Å²) in [6.07, 6.45) is 1.48. The van der Waals surface area contributed by atoms with Gasteiger partial charge in [0.1, 0.15) is 24.0 Å². The van der Waals surface area contributed by atoms with E-state index in [1.807, 2.05) is 25.1 Å². The lowest BCUT2D eigenvalue weighted by Crippen LogP contribution is -2.20. The van der Waals surface area contributed by atoms with E-state index in [2.05, 4.69) is 30.1 Å². The van der Waals surface area contributed by atoms with E-state index in [-0.39, 0.29) is 23.7 Å². The molecule has 0 radical (unpaired) electrons. The molecule has 3 aromatic rings. The zero-order valence-electron chi connectivity index (χ0n) is 18.2. The third kappa shape index (κ3) is 5.61. The molecule has 4 rings (SSSR count). The van der Waals surface area contributed by atoms with E-state index >= 15 is 0 Å². The summed E-state index contributed by atoms with van der Waals surface area (Å²) in [4.78, 5) is 21.2. The van der Waals surface area contributed by atoms with E-state index in [1.165, 1.54) is 25.3 Å². The minimum Gasteiger partial charge on any atom is -0.507 e. The van der Waals surface area contributed by atoms with Gasteiger partial charge >= 0.3 is 6.09 Å². The molecule has 9 heteroatoms. The molecule has 1 fully saturated rings. The van der Waals surface area contributed by atoms with Crippen molar-refractivity contribution in [2.45, 2.75) is 19.8 Å². The van der Waals surface area contributed by atoms with Crippen LogP contribution in [-0.4, -0.2) is 54.6 Å². The van der Waals surface area contributed by atoms with Crippen molar-refractivity contribution in [3.05, 3.63) is 47.8 Å². The summed E-state index contributed by atoms with van der Waals surface area (Å²) in [6.45, 7) is 4.48. The molecule has 1 aliphatic rings. The monoisotopic (exact) mass is 442 g/mol. The SMILES string of the molecule is COCCOC(N)=O.Cc1ccc2c(N3CCCC3)nc(-c3c(O)cccc3F)nc2c1. The first-order valence-corrected chi connectivity index (χ1v) is 10.3. The van der Waals surface area contributed by atoms with Crippen molar-refractivity contribution in [2.24, 2.45) is 5.73 Å². The molecule has 0 aliphatic carbocycles. The van der Waals surface area contributed by atoms with Gasteiger partial charge in [-0.2, -0.15) is 0 Å². The number of phenols is 1. The van der Waals surface area contributed by atoms with Gasteiger partial charge in [0.15, 0.2) is 5.82 Å². The van der Waals surface area contributed by atoms with E-state index in [9.17, 15) is 14.3 Å². The second kappa shape index (κ2) is 10.7. The zero-order chi connectivity index (χ0) is 23.1. The average Bonchev–Trinajstić information content (AvgIpc) is 3.28. The number of phenolic OH excluding ortho intramolecular Hbond substituents is 1. The van der Waals surface area contributed by atoms with Gasteiger partial charge in [-0.05, 0) is 49.6 Å². The fourth-order valence-electron chi connectivity index (χ4n) is 3.46. The van der Waals surface area contributed by atoms with Gasteiger partial charge in [0.2, 0.25) is 0 Å². The topological polar surface area (TPSA) is 111 Å². The van der Waals surface area contributed by atoms with Crippen LogP contribution in [0.1, 0.15) is 18.4 Å². The van der Waals surface area contributed by atoms with Gasteiger partial charge in [0.25, 0.3) is 0 Å². The number of aromatic hydroxyl groups is 1. The number of aromatic nitrogens is 2. The maximum absolute atomic E-state index is 14.3. The number of aryl methyl sites for hydroxylation is 1. The number of hydrogen-bond donors (Lipinski definition) is 2. The zero-order valence-corrected chi connectivity index (χ0v) is 18.2. The summed E-state index contributed by atoms with van der Waals surface area (Å²) in [5, 5.41) is 11.1. The molecule has 0 bridgehead atoms. The van der Waals surface area contributed by atoms with Crippen LogP contribution in [0.4, 0.5) is 15.0 Å². The molecule has 1 amide bonds. The Labute approximate surface area is 185 Å². The van der Waals surface area contributed by atoms with Gasteiger partial charge in [-0.25, -0.2) is 19.2 Å². The highest BCUT2D eigenvalue weighted by Gasteiger charge is 2.21. The number of primary amides is 1. The summed E-state index contributed by atoms with van der Waals surface area (Å²) in [6, 6.07) is 10.3. The molecule has 2 heterocycles. The molecule has 3 N–H and O–H groups in total. The second-order valence-corrected chi connectivity index (χ2v) is 7.38. The highest BCUT2D eigenvalue weighted by atomic mass is 19.1. The molecule has 8 nitrogen and oxygen atoms in total. The standard InChI is InChI=1S/C19H18FN3O.C4H9NO3/c1-12-7-8-13-15(11-12)21-18(17-14(20)5-4-6-16(17)24)22-19(13)23-9-2-3-10-23;1-7-2-3-8-4(5)6/h4-8,11,24H,2-3,9-10H2,1H3;2-3H2,1H3,(H2,5,6). The molecule has 0 spiro atoms. The number of carbonyl (C=O) groups excluding carboxylic acids is 1. The van der Waals surface area contributed by atoms with Crippen molar-refractivity contribution in [3.63, 3.8) is 0 Å². The maximum Gasteiger partial charge on any atom is 0.404 e. The fraction of sp³-hybridized carbons (Fsp3) is 0.348. The number of benzene rings is 2. The lowest BCUT2D eigenvalue weighted by molar-refractivity contribution is 0.104. The highest BCUT2D eigenvalue weighted by Crippen LogP contribution is 2.34. The number of ether oxygens (including phenoxy) is 2. The molecule has 1 aromatic heterocycles. The average molecular weight is 442 g/mol. The first kappa shape index (κ1) is 23.2. The minimum absolute atomic E-state index is 0.0568. The number of anilines is 1. The van der Waals surface area contributed by atoms with E-state index in [1.54, 1.807) is 0 Å². The number of halogens is 1. The largest absolute Gasteiger partial charge is 0.507 e.